The standard InChI is InChI=1S/C13H20N2O2S2.ClH/c1-18-12-5-2-6-13(10-12)19(16,17)15-9-7-11-4-3-8-14-11;/h2,5-6,10-11,14-15H,3-4,7-9H2,1H3;1H/t11-;/m1./s1. The molecule has 0 spiro atoms. The van der Waals surface area contributed by atoms with Gasteiger partial charge in [-0.3, -0.25) is 0 Å². The third-order valence-electron chi connectivity index (χ3n) is 3.30. The van der Waals surface area contributed by atoms with Crippen molar-refractivity contribution in [1.82, 2.24) is 10.0 Å². The Kier molecular flexibility index (Phi) is 7.33. The Hall–Kier alpha value is -0.270. The van der Waals surface area contributed by atoms with E-state index in [1.165, 1.54) is 6.42 Å². The maximum atomic E-state index is 12.1. The van der Waals surface area contributed by atoms with Gasteiger partial charge in [-0.2, -0.15) is 0 Å². The van der Waals surface area contributed by atoms with Crippen molar-refractivity contribution in [3.05, 3.63) is 24.3 Å². The van der Waals surface area contributed by atoms with Crippen LogP contribution in [0.15, 0.2) is 34.1 Å². The summed E-state index contributed by atoms with van der Waals surface area (Å²) in [5.74, 6) is 0. The summed E-state index contributed by atoms with van der Waals surface area (Å²) in [5, 5.41) is 3.36. The van der Waals surface area contributed by atoms with Gasteiger partial charge in [-0.25, -0.2) is 13.1 Å². The highest BCUT2D eigenvalue weighted by Crippen LogP contribution is 2.19. The number of nitrogens with one attached hydrogen (secondary N) is 2. The lowest BCUT2D eigenvalue weighted by atomic mass is 10.2. The summed E-state index contributed by atoms with van der Waals surface area (Å²) < 4.78 is 26.9. The van der Waals surface area contributed by atoms with Gasteiger partial charge in [0.15, 0.2) is 0 Å². The van der Waals surface area contributed by atoms with Gasteiger partial charge in [-0.05, 0) is 50.3 Å². The zero-order chi connectivity index (χ0) is 13.7. The SMILES string of the molecule is CSc1cccc(S(=O)(=O)NCC[C@H]2CCCN2)c1.Cl. The summed E-state index contributed by atoms with van der Waals surface area (Å²) in [4.78, 5) is 1.30. The van der Waals surface area contributed by atoms with E-state index < -0.39 is 10.0 Å². The van der Waals surface area contributed by atoms with Gasteiger partial charge >= 0.3 is 0 Å². The Morgan fingerprint density at radius 3 is 2.90 bits per heavy atom. The summed E-state index contributed by atoms with van der Waals surface area (Å²) in [6.07, 6.45) is 5.11. The minimum atomic E-state index is -3.38. The first-order chi connectivity index (χ1) is 9.12. The molecule has 0 aliphatic carbocycles. The van der Waals surface area contributed by atoms with Crippen LogP contribution in [0.5, 0.6) is 0 Å². The molecule has 0 amide bonds. The fourth-order valence-electron chi connectivity index (χ4n) is 2.22. The molecule has 0 unspecified atom stereocenters. The van der Waals surface area contributed by atoms with Crippen LogP contribution in [-0.4, -0.2) is 33.8 Å². The Labute approximate surface area is 131 Å². The number of sulfonamides is 1. The van der Waals surface area contributed by atoms with Crippen LogP contribution in [0.3, 0.4) is 0 Å². The Balaban J connectivity index is 0.00000200. The number of benzene rings is 1. The molecule has 0 saturated carbocycles. The van der Waals surface area contributed by atoms with Gasteiger partial charge in [-0.1, -0.05) is 6.07 Å². The highest BCUT2D eigenvalue weighted by atomic mass is 35.5. The summed E-state index contributed by atoms with van der Waals surface area (Å²) >= 11 is 1.54. The molecule has 1 aliphatic rings. The van der Waals surface area contributed by atoms with Crippen LogP contribution >= 0.6 is 24.2 Å². The second-order valence-corrected chi connectivity index (χ2v) is 7.31. The first-order valence-corrected chi connectivity index (χ1v) is 9.20. The molecule has 2 N–H and O–H groups in total. The van der Waals surface area contributed by atoms with Crippen LogP contribution in [0.2, 0.25) is 0 Å². The van der Waals surface area contributed by atoms with Crippen molar-refractivity contribution in [3.63, 3.8) is 0 Å². The second kappa shape index (κ2) is 8.24. The molecule has 7 heteroatoms. The monoisotopic (exact) mass is 336 g/mol. The Morgan fingerprint density at radius 1 is 1.45 bits per heavy atom. The lowest BCUT2D eigenvalue weighted by molar-refractivity contribution is 0.539. The van der Waals surface area contributed by atoms with Gasteiger partial charge in [0.25, 0.3) is 0 Å². The minimum absolute atomic E-state index is 0. The van der Waals surface area contributed by atoms with E-state index in [0.29, 0.717) is 17.5 Å². The van der Waals surface area contributed by atoms with E-state index in [1.54, 1.807) is 30.0 Å². The normalized spacial score (nSPS) is 18.8. The van der Waals surface area contributed by atoms with E-state index in [1.807, 2.05) is 12.3 Å². The molecule has 1 fully saturated rings. The van der Waals surface area contributed by atoms with Gasteiger partial charge in [0.2, 0.25) is 10.0 Å². The maximum Gasteiger partial charge on any atom is 0.240 e. The largest absolute Gasteiger partial charge is 0.314 e. The van der Waals surface area contributed by atoms with E-state index in [0.717, 1.165) is 24.3 Å². The van der Waals surface area contributed by atoms with Crippen LogP contribution in [0.25, 0.3) is 0 Å². The molecule has 114 valence electrons. The number of rotatable bonds is 6. The first kappa shape index (κ1) is 17.8. The van der Waals surface area contributed by atoms with Crippen LogP contribution < -0.4 is 10.0 Å². The van der Waals surface area contributed by atoms with E-state index >= 15 is 0 Å². The van der Waals surface area contributed by atoms with Gasteiger partial charge < -0.3 is 5.32 Å². The van der Waals surface area contributed by atoms with Crippen molar-refractivity contribution in [2.75, 3.05) is 19.3 Å². The maximum absolute atomic E-state index is 12.1. The van der Waals surface area contributed by atoms with Crippen molar-refractivity contribution in [2.45, 2.75) is 35.1 Å². The quantitative estimate of drug-likeness (QED) is 0.782. The molecule has 20 heavy (non-hydrogen) atoms. The zero-order valence-electron chi connectivity index (χ0n) is 11.5. The van der Waals surface area contributed by atoms with Crippen molar-refractivity contribution in [3.8, 4) is 0 Å². The van der Waals surface area contributed by atoms with Crippen molar-refractivity contribution in [2.24, 2.45) is 0 Å². The van der Waals surface area contributed by atoms with Crippen LogP contribution in [0.1, 0.15) is 19.3 Å². The molecule has 1 aromatic carbocycles. The van der Waals surface area contributed by atoms with Crippen molar-refractivity contribution < 1.29 is 8.42 Å². The third-order valence-corrected chi connectivity index (χ3v) is 5.48. The molecule has 0 radical (unpaired) electrons. The number of hydrogen-bond acceptors (Lipinski definition) is 4. The molecule has 1 atom stereocenters. The fraction of sp³-hybridized carbons (Fsp3) is 0.538. The predicted molar refractivity (Wildman–Crippen MR) is 86.3 cm³/mol. The van der Waals surface area contributed by atoms with Crippen LogP contribution in [0.4, 0.5) is 0 Å². The molecular weight excluding hydrogens is 316 g/mol. The summed E-state index contributed by atoms with van der Waals surface area (Å²) in [6, 6.07) is 7.49. The van der Waals surface area contributed by atoms with Gasteiger partial charge in [0.05, 0.1) is 4.90 Å². The van der Waals surface area contributed by atoms with Gasteiger partial charge in [0, 0.05) is 17.5 Å². The first-order valence-electron chi connectivity index (χ1n) is 6.49. The summed E-state index contributed by atoms with van der Waals surface area (Å²) in [7, 11) is -3.38. The average molecular weight is 337 g/mol. The molecule has 4 nitrogen and oxygen atoms in total. The lowest BCUT2D eigenvalue weighted by Gasteiger charge is -2.11. The second-order valence-electron chi connectivity index (χ2n) is 4.66. The fourth-order valence-corrected chi connectivity index (χ4v) is 3.85. The van der Waals surface area contributed by atoms with Crippen molar-refractivity contribution in [1.29, 1.82) is 0 Å². The number of halogens is 1. The van der Waals surface area contributed by atoms with Gasteiger partial charge in [-0.15, -0.1) is 24.2 Å². The number of thioether (sulfide) groups is 1. The Bertz CT molecular complexity index is 517. The number of hydrogen-bond donors (Lipinski definition) is 2. The topological polar surface area (TPSA) is 58.2 Å². The van der Waals surface area contributed by atoms with Crippen molar-refractivity contribution >= 4 is 34.2 Å². The van der Waals surface area contributed by atoms with E-state index in [2.05, 4.69) is 10.0 Å². The zero-order valence-corrected chi connectivity index (χ0v) is 13.9. The predicted octanol–water partition coefficient (Wildman–Crippen LogP) is 2.25. The molecule has 0 bridgehead atoms. The third kappa shape index (κ3) is 4.93. The molecule has 1 saturated heterocycles. The molecule has 0 aromatic heterocycles. The smallest absolute Gasteiger partial charge is 0.240 e. The molecular formula is C13H21ClN2O2S2. The highest BCUT2D eigenvalue weighted by molar-refractivity contribution is 7.98. The molecule has 1 aliphatic heterocycles. The summed E-state index contributed by atoms with van der Waals surface area (Å²) in [6.45, 7) is 1.54. The molecule has 2 rings (SSSR count). The lowest BCUT2D eigenvalue weighted by Crippen LogP contribution is -2.30. The van der Waals surface area contributed by atoms with Gasteiger partial charge in [0.1, 0.15) is 0 Å². The van der Waals surface area contributed by atoms with E-state index in [4.69, 9.17) is 0 Å². The summed E-state index contributed by atoms with van der Waals surface area (Å²) in [5.41, 5.74) is 0. The average Bonchev–Trinajstić information content (AvgIpc) is 2.92. The van der Waals surface area contributed by atoms with E-state index in [-0.39, 0.29) is 12.4 Å². The minimum Gasteiger partial charge on any atom is -0.314 e. The van der Waals surface area contributed by atoms with E-state index in [9.17, 15) is 8.42 Å². The van der Waals surface area contributed by atoms with Crippen LogP contribution in [-0.2, 0) is 10.0 Å². The van der Waals surface area contributed by atoms with Crippen LogP contribution in [0, 0.1) is 0 Å². The Morgan fingerprint density at radius 2 is 2.25 bits per heavy atom. The highest BCUT2D eigenvalue weighted by Gasteiger charge is 2.17. The molecule has 1 heterocycles. The molecule has 1 aromatic rings.